The molecule has 1 amide bonds. The fourth-order valence-corrected chi connectivity index (χ4v) is 5.08. The molecule has 174 valence electrons. The predicted molar refractivity (Wildman–Crippen MR) is 134 cm³/mol. The number of hydrogen-bond donors (Lipinski definition) is 1. The average Bonchev–Trinajstić information content (AvgIpc) is 3.31. The van der Waals surface area contributed by atoms with E-state index in [1.807, 2.05) is 41.8 Å². The summed E-state index contributed by atoms with van der Waals surface area (Å²) < 4.78 is 5.98. The summed E-state index contributed by atoms with van der Waals surface area (Å²) in [5.74, 6) is 1.62. The van der Waals surface area contributed by atoms with Gasteiger partial charge in [0.15, 0.2) is 0 Å². The topological polar surface area (TPSA) is 67.3 Å². The Morgan fingerprint density at radius 3 is 2.91 bits per heavy atom. The van der Waals surface area contributed by atoms with Crippen molar-refractivity contribution in [3.05, 3.63) is 59.9 Å². The molecule has 3 heterocycles. The number of aromatic nitrogens is 2. The highest BCUT2D eigenvalue weighted by molar-refractivity contribution is 7.14. The van der Waals surface area contributed by atoms with E-state index in [0.717, 1.165) is 46.5 Å². The van der Waals surface area contributed by atoms with Gasteiger partial charge >= 0.3 is 0 Å². The first-order chi connectivity index (χ1) is 16.2. The molecule has 0 atom stereocenters. The van der Waals surface area contributed by atoms with Gasteiger partial charge in [-0.1, -0.05) is 19.1 Å². The van der Waals surface area contributed by atoms with Crippen molar-refractivity contribution in [3.8, 4) is 16.3 Å². The molecule has 4 rings (SSSR count). The van der Waals surface area contributed by atoms with E-state index >= 15 is 0 Å². The Hall–Kier alpha value is -2.77. The molecule has 1 fully saturated rings. The molecule has 1 saturated heterocycles. The van der Waals surface area contributed by atoms with Crippen LogP contribution in [-0.2, 0) is 11.2 Å². The van der Waals surface area contributed by atoms with E-state index in [9.17, 15) is 4.79 Å². The van der Waals surface area contributed by atoms with Crippen LogP contribution in [0.3, 0.4) is 0 Å². The van der Waals surface area contributed by atoms with Crippen molar-refractivity contribution in [1.82, 2.24) is 14.9 Å². The number of likely N-dealkylation sites (tertiary alicyclic amines) is 1. The third-order valence-electron chi connectivity index (χ3n) is 6.16. The molecular formula is C26H32N4O2S. The summed E-state index contributed by atoms with van der Waals surface area (Å²) in [5.41, 5.74) is 2.59. The van der Waals surface area contributed by atoms with Crippen molar-refractivity contribution in [2.45, 2.75) is 39.0 Å². The maximum absolute atomic E-state index is 12.5. The third kappa shape index (κ3) is 7.11. The van der Waals surface area contributed by atoms with Crippen molar-refractivity contribution in [2.24, 2.45) is 5.92 Å². The maximum atomic E-state index is 12.5. The first kappa shape index (κ1) is 23.4. The number of nitrogens with one attached hydrogen (secondary N) is 1. The minimum Gasteiger partial charge on any atom is -0.494 e. The van der Waals surface area contributed by atoms with Crippen LogP contribution >= 0.6 is 11.3 Å². The second kappa shape index (κ2) is 11.9. The Labute approximate surface area is 200 Å². The average molecular weight is 465 g/mol. The molecule has 0 aliphatic carbocycles. The van der Waals surface area contributed by atoms with Crippen LogP contribution in [0.15, 0.2) is 54.3 Å². The molecule has 1 N–H and O–H groups in total. The fourth-order valence-electron chi connectivity index (χ4n) is 4.26. The van der Waals surface area contributed by atoms with Crippen LogP contribution in [-0.4, -0.2) is 47.0 Å². The van der Waals surface area contributed by atoms with Crippen LogP contribution in [0.2, 0.25) is 0 Å². The Kier molecular flexibility index (Phi) is 8.44. The number of ether oxygens (including phenoxy) is 1. The van der Waals surface area contributed by atoms with Gasteiger partial charge in [0.25, 0.3) is 0 Å². The zero-order valence-corrected chi connectivity index (χ0v) is 20.0. The molecule has 0 bridgehead atoms. The molecule has 33 heavy (non-hydrogen) atoms. The zero-order chi connectivity index (χ0) is 22.9. The molecule has 0 radical (unpaired) electrons. The van der Waals surface area contributed by atoms with Crippen LogP contribution in [0.5, 0.6) is 5.75 Å². The highest BCUT2D eigenvalue weighted by atomic mass is 32.1. The number of benzene rings is 1. The summed E-state index contributed by atoms with van der Waals surface area (Å²) in [4.78, 5) is 24.3. The number of nitrogens with zero attached hydrogens (tertiary/aromatic N) is 3. The minimum atomic E-state index is -0.0439. The van der Waals surface area contributed by atoms with Crippen LogP contribution in [0.25, 0.3) is 10.6 Å². The largest absolute Gasteiger partial charge is 0.494 e. The van der Waals surface area contributed by atoms with Crippen molar-refractivity contribution in [2.75, 3.05) is 31.6 Å². The van der Waals surface area contributed by atoms with Gasteiger partial charge in [0.1, 0.15) is 12.1 Å². The molecule has 1 aliphatic heterocycles. The first-order valence-corrected chi connectivity index (χ1v) is 12.7. The van der Waals surface area contributed by atoms with Gasteiger partial charge in [-0.15, -0.1) is 11.3 Å². The van der Waals surface area contributed by atoms with Gasteiger partial charge in [-0.25, -0.2) is 9.97 Å². The van der Waals surface area contributed by atoms with E-state index in [0.29, 0.717) is 6.42 Å². The molecule has 3 aromatic rings. The van der Waals surface area contributed by atoms with E-state index < -0.39 is 0 Å². The zero-order valence-electron chi connectivity index (χ0n) is 19.2. The summed E-state index contributed by atoms with van der Waals surface area (Å²) in [7, 11) is 0. The van der Waals surface area contributed by atoms with Crippen molar-refractivity contribution in [1.29, 1.82) is 0 Å². The van der Waals surface area contributed by atoms with E-state index in [1.165, 1.54) is 45.2 Å². The van der Waals surface area contributed by atoms with Crippen molar-refractivity contribution in [3.63, 3.8) is 0 Å². The standard InChI is InChI=1S/C26H32N4O2S/c1-2-30-12-9-20(10-13-30)6-4-14-32-23-7-3-5-21(15-23)16-26(31)29-22-17-25(33-18-22)24-8-11-27-19-28-24/h3,5,7-8,11,15,17-20H,2,4,6,9-10,12-14,16H2,1H3,(H,29,31). The van der Waals surface area contributed by atoms with E-state index in [-0.39, 0.29) is 5.91 Å². The molecule has 7 heteroatoms. The van der Waals surface area contributed by atoms with Crippen LogP contribution in [0, 0.1) is 5.92 Å². The summed E-state index contributed by atoms with van der Waals surface area (Å²) in [6.07, 6.45) is 8.48. The lowest BCUT2D eigenvalue weighted by atomic mass is 9.92. The number of thiophene rings is 1. The number of anilines is 1. The summed E-state index contributed by atoms with van der Waals surface area (Å²) in [6.45, 7) is 6.61. The summed E-state index contributed by atoms with van der Waals surface area (Å²) in [6, 6.07) is 11.7. The Bertz CT molecular complexity index is 1020. The molecular weight excluding hydrogens is 432 g/mol. The van der Waals surface area contributed by atoms with E-state index in [4.69, 9.17) is 4.74 Å². The highest BCUT2D eigenvalue weighted by Gasteiger charge is 2.17. The second-order valence-electron chi connectivity index (χ2n) is 8.53. The maximum Gasteiger partial charge on any atom is 0.228 e. The SMILES string of the molecule is CCN1CCC(CCCOc2cccc(CC(=O)Nc3csc(-c4ccncn4)c3)c2)CC1. The Morgan fingerprint density at radius 1 is 1.24 bits per heavy atom. The van der Waals surface area contributed by atoms with Crippen molar-refractivity contribution >= 4 is 22.9 Å². The lowest BCUT2D eigenvalue weighted by molar-refractivity contribution is -0.115. The number of amides is 1. The predicted octanol–water partition coefficient (Wildman–Crippen LogP) is 5.28. The number of carbonyl (C=O) groups excluding carboxylic acids is 1. The minimum absolute atomic E-state index is 0.0439. The van der Waals surface area contributed by atoms with Gasteiger partial charge < -0.3 is 15.0 Å². The van der Waals surface area contributed by atoms with Gasteiger partial charge in [0, 0.05) is 11.6 Å². The lowest BCUT2D eigenvalue weighted by Gasteiger charge is -2.30. The molecule has 0 saturated carbocycles. The van der Waals surface area contributed by atoms with Crippen LogP contribution in [0.4, 0.5) is 5.69 Å². The van der Waals surface area contributed by atoms with E-state index in [2.05, 4.69) is 27.1 Å². The molecule has 1 aliphatic rings. The molecule has 0 unspecified atom stereocenters. The normalized spacial score (nSPS) is 14.8. The smallest absolute Gasteiger partial charge is 0.228 e. The monoisotopic (exact) mass is 464 g/mol. The van der Waals surface area contributed by atoms with E-state index in [1.54, 1.807) is 17.5 Å². The highest BCUT2D eigenvalue weighted by Crippen LogP contribution is 2.28. The lowest BCUT2D eigenvalue weighted by Crippen LogP contribution is -2.33. The molecule has 2 aromatic heterocycles. The van der Waals surface area contributed by atoms with Gasteiger partial charge in [0.2, 0.25) is 5.91 Å². The summed E-state index contributed by atoms with van der Waals surface area (Å²) >= 11 is 1.55. The summed E-state index contributed by atoms with van der Waals surface area (Å²) in [5, 5.41) is 4.91. The number of carbonyl (C=O) groups is 1. The van der Waals surface area contributed by atoms with Crippen molar-refractivity contribution < 1.29 is 9.53 Å². The number of rotatable bonds is 10. The second-order valence-corrected chi connectivity index (χ2v) is 9.45. The molecule has 6 nitrogen and oxygen atoms in total. The van der Waals surface area contributed by atoms with Crippen LogP contribution in [0.1, 0.15) is 38.2 Å². The van der Waals surface area contributed by atoms with Gasteiger partial charge in [-0.3, -0.25) is 4.79 Å². The third-order valence-corrected chi connectivity index (χ3v) is 7.11. The van der Waals surface area contributed by atoms with Gasteiger partial charge in [-0.05, 0) is 81.1 Å². The van der Waals surface area contributed by atoms with Gasteiger partial charge in [-0.2, -0.15) is 0 Å². The van der Waals surface area contributed by atoms with Gasteiger partial charge in [0.05, 0.1) is 29.3 Å². The molecule has 0 spiro atoms. The molecule has 1 aromatic carbocycles. The number of piperidine rings is 1. The Morgan fingerprint density at radius 2 is 2.12 bits per heavy atom. The first-order valence-electron chi connectivity index (χ1n) is 11.8. The Balaban J connectivity index is 1.20. The quantitative estimate of drug-likeness (QED) is 0.414. The van der Waals surface area contributed by atoms with Crippen LogP contribution < -0.4 is 10.1 Å². The fraction of sp³-hybridized carbons (Fsp3) is 0.423. The number of hydrogen-bond acceptors (Lipinski definition) is 6.